The highest BCUT2D eigenvalue weighted by Crippen LogP contribution is 2.43. The zero-order valence-corrected chi connectivity index (χ0v) is 18.9. The summed E-state index contributed by atoms with van der Waals surface area (Å²) in [5.41, 5.74) is 7.25. The van der Waals surface area contributed by atoms with Gasteiger partial charge in [-0.2, -0.15) is 5.26 Å². The molecule has 1 atom stereocenters. The number of dihydropyridines is 1. The molecule has 2 amide bonds. The summed E-state index contributed by atoms with van der Waals surface area (Å²) in [6.45, 7) is 3.75. The van der Waals surface area contributed by atoms with Crippen molar-refractivity contribution in [3.63, 3.8) is 0 Å². The summed E-state index contributed by atoms with van der Waals surface area (Å²) in [4.78, 5) is 26.6. The monoisotopic (exact) mass is 454 g/mol. The number of nitriles is 1. The summed E-state index contributed by atoms with van der Waals surface area (Å²) < 4.78 is 5.34. The number of nitrogens with two attached hydrogens (primary N) is 1. The fourth-order valence-electron chi connectivity index (χ4n) is 3.30. The summed E-state index contributed by atoms with van der Waals surface area (Å²) in [6.07, 6.45) is 0. The minimum absolute atomic E-state index is 0.0275. The Bertz CT molecular complexity index is 1130. The lowest BCUT2D eigenvalue weighted by Gasteiger charge is -2.29. The van der Waals surface area contributed by atoms with E-state index in [1.165, 1.54) is 18.4 Å². The molecule has 31 heavy (non-hydrogen) atoms. The number of rotatable bonds is 7. The molecule has 160 valence electrons. The Morgan fingerprint density at radius 1 is 1.29 bits per heavy atom. The lowest BCUT2D eigenvalue weighted by Crippen LogP contribution is -2.31. The molecule has 1 aromatic heterocycles. The Hall–Kier alpha value is -3.22. The molecule has 7 nitrogen and oxygen atoms in total. The molecule has 3 rings (SSSR count). The van der Waals surface area contributed by atoms with Crippen molar-refractivity contribution in [3.8, 4) is 11.8 Å². The van der Waals surface area contributed by atoms with E-state index < -0.39 is 11.8 Å². The molecule has 0 saturated heterocycles. The number of nitrogens with zero attached hydrogens (tertiary/aromatic N) is 1. The highest BCUT2D eigenvalue weighted by atomic mass is 32.2. The van der Waals surface area contributed by atoms with Gasteiger partial charge in [0.2, 0.25) is 5.91 Å². The van der Waals surface area contributed by atoms with Crippen molar-refractivity contribution in [2.24, 2.45) is 5.73 Å². The molecule has 0 radical (unpaired) electrons. The second-order valence-electron chi connectivity index (χ2n) is 6.81. The Morgan fingerprint density at radius 3 is 2.65 bits per heavy atom. The van der Waals surface area contributed by atoms with Crippen LogP contribution in [0.3, 0.4) is 0 Å². The van der Waals surface area contributed by atoms with E-state index in [4.69, 9.17) is 10.5 Å². The normalized spacial score (nSPS) is 15.9. The number of carbonyl (C=O) groups excluding carboxylic acids is 2. The number of allylic oxidation sites excluding steroid dienone is 2. The van der Waals surface area contributed by atoms with E-state index in [1.807, 2.05) is 25.1 Å². The Morgan fingerprint density at radius 2 is 2.03 bits per heavy atom. The van der Waals surface area contributed by atoms with Crippen LogP contribution in [0.5, 0.6) is 5.75 Å². The number of thioether (sulfide) groups is 1. The van der Waals surface area contributed by atoms with Crippen LogP contribution in [0, 0.1) is 18.3 Å². The molecule has 0 saturated carbocycles. The zero-order chi connectivity index (χ0) is 22.5. The number of carbonyl (C=O) groups is 2. The first kappa shape index (κ1) is 22.5. The number of amides is 2. The van der Waals surface area contributed by atoms with Crippen LogP contribution in [0.1, 0.15) is 22.6 Å². The number of hydrogen-bond donors (Lipinski definition) is 3. The summed E-state index contributed by atoms with van der Waals surface area (Å²) in [5.74, 6) is -0.816. The van der Waals surface area contributed by atoms with Gasteiger partial charge in [-0.25, -0.2) is 0 Å². The Kier molecular flexibility index (Phi) is 7.05. The van der Waals surface area contributed by atoms with Crippen molar-refractivity contribution in [1.82, 2.24) is 5.32 Å². The number of ether oxygens (including phenoxy) is 1. The number of para-hydroxylation sites is 2. The third kappa shape index (κ3) is 4.93. The van der Waals surface area contributed by atoms with Crippen molar-refractivity contribution >= 4 is 40.6 Å². The van der Waals surface area contributed by atoms with Crippen molar-refractivity contribution in [3.05, 3.63) is 68.0 Å². The van der Waals surface area contributed by atoms with Crippen LogP contribution in [-0.2, 0) is 9.59 Å². The first-order valence-electron chi connectivity index (χ1n) is 9.39. The van der Waals surface area contributed by atoms with Crippen molar-refractivity contribution in [1.29, 1.82) is 5.26 Å². The van der Waals surface area contributed by atoms with Crippen molar-refractivity contribution in [2.75, 3.05) is 18.2 Å². The first-order valence-corrected chi connectivity index (χ1v) is 11.2. The number of primary amides is 1. The molecular formula is C22H22N4O3S2. The van der Waals surface area contributed by atoms with Crippen molar-refractivity contribution in [2.45, 2.75) is 19.8 Å². The van der Waals surface area contributed by atoms with Gasteiger partial charge in [-0.15, -0.1) is 11.3 Å². The maximum Gasteiger partial charge on any atom is 0.254 e. The predicted octanol–water partition coefficient (Wildman–Crippen LogP) is 3.62. The maximum absolute atomic E-state index is 13.4. The number of thiophene rings is 1. The van der Waals surface area contributed by atoms with Crippen LogP contribution in [0.4, 0.5) is 5.69 Å². The molecule has 2 heterocycles. The van der Waals surface area contributed by atoms with E-state index in [2.05, 4.69) is 16.7 Å². The van der Waals surface area contributed by atoms with E-state index in [-0.39, 0.29) is 11.7 Å². The van der Waals surface area contributed by atoms with Gasteiger partial charge < -0.3 is 21.1 Å². The average molecular weight is 455 g/mol. The number of anilines is 1. The van der Waals surface area contributed by atoms with Crippen LogP contribution in [0.25, 0.3) is 0 Å². The molecule has 1 aliphatic heterocycles. The second-order valence-corrected chi connectivity index (χ2v) is 9.11. The quantitative estimate of drug-likeness (QED) is 0.588. The van der Waals surface area contributed by atoms with Gasteiger partial charge in [0.15, 0.2) is 0 Å². The summed E-state index contributed by atoms with van der Waals surface area (Å²) in [6, 6.07) is 13.3. The van der Waals surface area contributed by atoms with E-state index in [0.29, 0.717) is 33.3 Å². The fourth-order valence-corrected chi connectivity index (χ4v) is 5.13. The largest absolute Gasteiger partial charge is 0.495 e. The molecule has 1 unspecified atom stereocenters. The highest BCUT2D eigenvalue weighted by Gasteiger charge is 2.35. The van der Waals surface area contributed by atoms with Gasteiger partial charge in [-0.1, -0.05) is 23.9 Å². The van der Waals surface area contributed by atoms with E-state index in [0.717, 1.165) is 21.5 Å². The molecule has 1 aromatic carbocycles. The van der Waals surface area contributed by atoms with Crippen molar-refractivity contribution < 1.29 is 14.3 Å². The smallest absolute Gasteiger partial charge is 0.254 e. The first-order chi connectivity index (χ1) is 14.8. The van der Waals surface area contributed by atoms with Crippen LogP contribution in [-0.4, -0.2) is 24.7 Å². The van der Waals surface area contributed by atoms with Gasteiger partial charge in [0, 0.05) is 21.0 Å². The molecular weight excluding hydrogens is 432 g/mol. The SMILES string of the molecule is COc1ccccc1NC(=O)C1=C(C)NC(SCC(N)=O)=C(C#N)C1c1ccc(C)s1. The lowest BCUT2D eigenvalue weighted by molar-refractivity contribution is -0.115. The Balaban J connectivity index is 2.05. The molecule has 1 aliphatic rings. The van der Waals surface area contributed by atoms with Gasteiger partial charge in [0.1, 0.15) is 5.75 Å². The predicted molar refractivity (Wildman–Crippen MR) is 124 cm³/mol. The topological polar surface area (TPSA) is 117 Å². The van der Waals surface area contributed by atoms with E-state index in [9.17, 15) is 14.9 Å². The molecule has 4 N–H and O–H groups in total. The second kappa shape index (κ2) is 9.73. The van der Waals surface area contributed by atoms with Crippen LogP contribution >= 0.6 is 23.1 Å². The van der Waals surface area contributed by atoms with E-state index >= 15 is 0 Å². The standard InChI is InChI=1S/C22H22N4O3S2/c1-12-8-9-17(31-12)20-14(10-23)22(30-11-18(24)27)25-13(2)19(20)21(28)26-15-6-4-5-7-16(15)29-3/h4-9,20,25H,11H2,1-3H3,(H2,24,27)(H,26,28). The molecule has 0 bridgehead atoms. The molecule has 0 fully saturated rings. The number of benzene rings is 1. The summed E-state index contributed by atoms with van der Waals surface area (Å²) >= 11 is 2.69. The number of methoxy groups -OCH3 is 1. The fraction of sp³-hybridized carbons (Fsp3) is 0.227. The Labute approximate surface area is 189 Å². The minimum atomic E-state index is -0.560. The maximum atomic E-state index is 13.4. The third-order valence-corrected chi connectivity index (χ3v) is 6.76. The van der Waals surface area contributed by atoms with Gasteiger partial charge in [-0.3, -0.25) is 9.59 Å². The van der Waals surface area contributed by atoms with Crippen LogP contribution in [0.15, 0.2) is 58.3 Å². The van der Waals surface area contributed by atoms with Crippen LogP contribution in [0.2, 0.25) is 0 Å². The number of nitrogens with one attached hydrogen (secondary N) is 2. The number of hydrogen-bond acceptors (Lipinski definition) is 7. The van der Waals surface area contributed by atoms with E-state index in [1.54, 1.807) is 25.1 Å². The number of aryl methyl sites for hydroxylation is 1. The van der Waals surface area contributed by atoms with Gasteiger partial charge in [0.25, 0.3) is 5.91 Å². The van der Waals surface area contributed by atoms with Gasteiger partial charge in [0.05, 0.1) is 41.1 Å². The third-order valence-electron chi connectivity index (χ3n) is 4.65. The van der Waals surface area contributed by atoms with Crippen LogP contribution < -0.4 is 21.1 Å². The summed E-state index contributed by atoms with van der Waals surface area (Å²) in [7, 11) is 1.54. The summed E-state index contributed by atoms with van der Waals surface area (Å²) in [5, 5.41) is 16.5. The zero-order valence-electron chi connectivity index (χ0n) is 17.3. The minimum Gasteiger partial charge on any atom is -0.495 e. The molecule has 0 aliphatic carbocycles. The highest BCUT2D eigenvalue weighted by molar-refractivity contribution is 8.03. The van der Waals surface area contributed by atoms with Gasteiger partial charge >= 0.3 is 0 Å². The molecule has 2 aromatic rings. The lowest BCUT2D eigenvalue weighted by atomic mass is 9.86. The molecule has 9 heteroatoms. The molecule has 0 spiro atoms. The average Bonchev–Trinajstić information content (AvgIpc) is 3.17. The van der Waals surface area contributed by atoms with Gasteiger partial charge in [-0.05, 0) is 38.1 Å².